The summed E-state index contributed by atoms with van der Waals surface area (Å²) in [4.78, 5) is 6.92. The highest BCUT2D eigenvalue weighted by Crippen LogP contribution is 2.38. The lowest BCUT2D eigenvalue weighted by molar-refractivity contribution is -0.0380. The van der Waals surface area contributed by atoms with Crippen molar-refractivity contribution in [2.24, 2.45) is 7.05 Å². The molecule has 2 aromatic rings. The van der Waals surface area contributed by atoms with E-state index >= 15 is 0 Å². The number of rotatable bonds is 6. The fourth-order valence-electron chi connectivity index (χ4n) is 3.22. The van der Waals surface area contributed by atoms with Crippen molar-refractivity contribution in [1.29, 1.82) is 0 Å². The van der Waals surface area contributed by atoms with Gasteiger partial charge in [0.2, 0.25) is 0 Å². The van der Waals surface area contributed by atoms with E-state index in [1.165, 1.54) is 12.8 Å². The third-order valence-electron chi connectivity index (χ3n) is 4.78. The second-order valence-electron chi connectivity index (χ2n) is 6.79. The molecule has 2 fully saturated rings. The Bertz CT molecular complexity index is 690. The largest absolute Gasteiger partial charge is 0.367 e. The molecule has 1 unspecified atom stereocenters. The second kappa shape index (κ2) is 6.60. The molecule has 0 aromatic carbocycles. The van der Waals surface area contributed by atoms with Crippen molar-refractivity contribution in [3.8, 4) is 0 Å². The summed E-state index contributed by atoms with van der Waals surface area (Å²) in [5.41, 5.74) is 0. The van der Waals surface area contributed by atoms with Crippen molar-refractivity contribution >= 4 is 0 Å². The maximum absolute atomic E-state index is 5.88. The first-order valence-electron chi connectivity index (χ1n) is 8.88. The lowest BCUT2D eigenvalue weighted by atomic mass is 10.2. The van der Waals surface area contributed by atoms with Crippen LogP contribution in [0.4, 0.5) is 0 Å². The number of hydrogen-bond acceptors (Lipinski definition) is 6. The van der Waals surface area contributed by atoms with E-state index in [1.54, 1.807) is 0 Å². The molecule has 1 aliphatic heterocycles. The van der Waals surface area contributed by atoms with E-state index in [-0.39, 0.29) is 6.10 Å². The fraction of sp³-hybridized carbons (Fsp3) is 0.750. The molecule has 0 bridgehead atoms. The minimum absolute atomic E-state index is 0.0725. The van der Waals surface area contributed by atoms with Crippen molar-refractivity contribution in [1.82, 2.24) is 34.8 Å². The van der Waals surface area contributed by atoms with E-state index in [9.17, 15) is 0 Å². The minimum atomic E-state index is -0.0725. The molecule has 8 heteroatoms. The Morgan fingerprint density at radius 1 is 1.29 bits per heavy atom. The van der Waals surface area contributed by atoms with Gasteiger partial charge in [0.25, 0.3) is 0 Å². The Balaban J connectivity index is 1.41. The van der Waals surface area contributed by atoms with Gasteiger partial charge in [0.15, 0.2) is 5.82 Å². The average molecular weight is 331 g/mol. The zero-order chi connectivity index (χ0) is 16.5. The molecule has 130 valence electrons. The van der Waals surface area contributed by atoms with Crippen LogP contribution in [-0.4, -0.2) is 54.5 Å². The summed E-state index contributed by atoms with van der Waals surface area (Å²) in [6, 6.07) is 0. The molecule has 1 N–H and O–H groups in total. The maximum Gasteiger partial charge on any atom is 0.180 e. The number of nitrogens with one attached hydrogen (secondary N) is 1. The molecule has 1 saturated heterocycles. The fourth-order valence-corrected chi connectivity index (χ4v) is 3.22. The lowest BCUT2D eigenvalue weighted by Crippen LogP contribution is -2.38. The molecule has 1 atom stereocenters. The number of aryl methyl sites for hydroxylation is 1. The minimum Gasteiger partial charge on any atom is -0.367 e. The standard InChI is InChI=1S/C16H25N7O/c1-3-4-13-17-15(20-18-13)12-9-23(7-8-24-12)10-14-19-21-16(22(14)2)11-5-6-11/h11-12H,3-10H2,1-2H3,(H,17,18,20). The predicted molar refractivity (Wildman–Crippen MR) is 87.3 cm³/mol. The summed E-state index contributed by atoms with van der Waals surface area (Å²) >= 11 is 0. The van der Waals surface area contributed by atoms with Gasteiger partial charge >= 0.3 is 0 Å². The molecule has 8 nitrogen and oxygen atoms in total. The molecule has 24 heavy (non-hydrogen) atoms. The third-order valence-corrected chi connectivity index (χ3v) is 4.78. The molecule has 1 saturated carbocycles. The summed E-state index contributed by atoms with van der Waals surface area (Å²) in [5, 5.41) is 16.1. The Hall–Kier alpha value is -1.80. The van der Waals surface area contributed by atoms with E-state index < -0.39 is 0 Å². The van der Waals surface area contributed by atoms with Crippen molar-refractivity contribution in [2.75, 3.05) is 19.7 Å². The van der Waals surface area contributed by atoms with E-state index in [0.717, 1.165) is 55.8 Å². The number of aromatic nitrogens is 6. The molecule has 0 amide bonds. The highest BCUT2D eigenvalue weighted by molar-refractivity contribution is 5.08. The summed E-state index contributed by atoms with van der Waals surface area (Å²) in [6.45, 7) is 5.30. The number of nitrogens with zero attached hydrogens (tertiary/aromatic N) is 6. The number of hydrogen-bond donors (Lipinski definition) is 1. The first-order valence-corrected chi connectivity index (χ1v) is 8.88. The first kappa shape index (κ1) is 15.7. The zero-order valence-electron chi connectivity index (χ0n) is 14.4. The molecule has 3 heterocycles. The van der Waals surface area contributed by atoms with Crippen LogP contribution < -0.4 is 0 Å². The van der Waals surface area contributed by atoms with Crippen LogP contribution in [0.1, 0.15) is 61.5 Å². The van der Waals surface area contributed by atoms with Crippen molar-refractivity contribution in [3.05, 3.63) is 23.3 Å². The molecular formula is C16H25N7O. The number of ether oxygens (including phenoxy) is 1. The summed E-state index contributed by atoms with van der Waals surface area (Å²) in [7, 11) is 2.08. The molecule has 1 aliphatic carbocycles. The third kappa shape index (κ3) is 3.21. The predicted octanol–water partition coefficient (Wildman–Crippen LogP) is 1.34. The molecule has 2 aliphatic rings. The smallest absolute Gasteiger partial charge is 0.180 e. The van der Waals surface area contributed by atoms with Gasteiger partial charge in [0, 0.05) is 32.5 Å². The van der Waals surface area contributed by atoms with Gasteiger partial charge in [-0.15, -0.1) is 10.2 Å². The molecule has 2 aromatic heterocycles. The van der Waals surface area contributed by atoms with Crippen LogP contribution in [-0.2, 0) is 24.8 Å². The Morgan fingerprint density at radius 3 is 2.96 bits per heavy atom. The van der Waals surface area contributed by atoms with Crippen LogP contribution in [0.2, 0.25) is 0 Å². The van der Waals surface area contributed by atoms with E-state index in [1.807, 2.05) is 0 Å². The van der Waals surface area contributed by atoms with E-state index in [4.69, 9.17) is 4.74 Å². The van der Waals surface area contributed by atoms with Gasteiger partial charge in [-0.1, -0.05) is 6.92 Å². The summed E-state index contributed by atoms with van der Waals surface area (Å²) in [5.74, 6) is 4.49. The summed E-state index contributed by atoms with van der Waals surface area (Å²) in [6.07, 6.45) is 4.40. The van der Waals surface area contributed by atoms with Crippen LogP contribution in [0.5, 0.6) is 0 Å². The topological polar surface area (TPSA) is 84.8 Å². The number of H-pyrrole nitrogens is 1. The van der Waals surface area contributed by atoms with Gasteiger partial charge < -0.3 is 9.30 Å². The van der Waals surface area contributed by atoms with Crippen LogP contribution in [0.3, 0.4) is 0 Å². The highest BCUT2D eigenvalue weighted by atomic mass is 16.5. The van der Waals surface area contributed by atoms with Gasteiger partial charge in [-0.25, -0.2) is 4.98 Å². The highest BCUT2D eigenvalue weighted by Gasteiger charge is 2.30. The molecule has 4 rings (SSSR count). The Labute approximate surface area is 141 Å². The second-order valence-corrected chi connectivity index (χ2v) is 6.79. The van der Waals surface area contributed by atoms with Crippen LogP contribution in [0, 0.1) is 0 Å². The molecular weight excluding hydrogens is 306 g/mol. The van der Waals surface area contributed by atoms with Gasteiger partial charge in [-0.05, 0) is 19.3 Å². The molecule has 0 radical (unpaired) electrons. The summed E-state index contributed by atoms with van der Waals surface area (Å²) < 4.78 is 8.04. The van der Waals surface area contributed by atoms with Crippen LogP contribution in [0.25, 0.3) is 0 Å². The van der Waals surface area contributed by atoms with Crippen molar-refractivity contribution in [2.45, 2.75) is 51.2 Å². The SMILES string of the molecule is CCCc1nc(C2CN(Cc3nnc(C4CC4)n3C)CCO2)n[nH]1. The lowest BCUT2D eigenvalue weighted by Gasteiger charge is -2.31. The van der Waals surface area contributed by atoms with Crippen molar-refractivity contribution < 1.29 is 4.74 Å². The Kier molecular flexibility index (Phi) is 4.32. The monoisotopic (exact) mass is 331 g/mol. The van der Waals surface area contributed by atoms with E-state index in [0.29, 0.717) is 12.5 Å². The van der Waals surface area contributed by atoms with Crippen molar-refractivity contribution in [3.63, 3.8) is 0 Å². The van der Waals surface area contributed by atoms with E-state index in [2.05, 4.69) is 48.8 Å². The van der Waals surface area contributed by atoms with Gasteiger partial charge in [0.1, 0.15) is 23.6 Å². The van der Waals surface area contributed by atoms with Crippen LogP contribution in [0.15, 0.2) is 0 Å². The maximum atomic E-state index is 5.88. The number of morpholine rings is 1. The zero-order valence-corrected chi connectivity index (χ0v) is 14.4. The molecule has 0 spiro atoms. The van der Waals surface area contributed by atoms with Gasteiger partial charge in [0.05, 0.1) is 13.2 Å². The first-order chi connectivity index (χ1) is 11.7. The quantitative estimate of drug-likeness (QED) is 0.860. The van der Waals surface area contributed by atoms with Gasteiger partial charge in [-0.3, -0.25) is 10.00 Å². The Morgan fingerprint density at radius 2 is 2.17 bits per heavy atom. The average Bonchev–Trinajstić information content (AvgIpc) is 3.22. The van der Waals surface area contributed by atoms with Gasteiger partial charge in [-0.2, -0.15) is 5.10 Å². The van der Waals surface area contributed by atoms with Crippen LogP contribution >= 0.6 is 0 Å². The normalized spacial score (nSPS) is 22.2. The number of aromatic amines is 1.